The van der Waals surface area contributed by atoms with Crippen LogP contribution in [0.2, 0.25) is 0 Å². The lowest BCUT2D eigenvalue weighted by Gasteiger charge is -2.35. The van der Waals surface area contributed by atoms with Crippen LogP contribution in [0.25, 0.3) is 0 Å². The van der Waals surface area contributed by atoms with Gasteiger partial charge in [-0.05, 0) is 19.2 Å². The Bertz CT molecular complexity index is 509. The number of rotatable bonds is 2. The normalized spacial score (nSPS) is 25.4. The highest BCUT2D eigenvalue weighted by Gasteiger charge is 2.42. The predicted octanol–water partition coefficient (Wildman–Crippen LogP) is 0.566. The Kier molecular flexibility index (Phi) is 3.54. The summed E-state index contributed by atoms with van der Waals surface area (Å²) >= 11 is 0. The molecule has 2 aliphatic rings. The van der Waals surface area contributed by atoms with E-state index in [9.17, 15) is 9.59 Å². The van der Waals surface area contributed by atoms with Crippen LogP contribution >= 0.6 is 0 Å². The van der Waals surface area contributed by atoms with Gasteiger partial charge in [0, 0.05) is 26.2 Å². The van der Waals surface area contributed by atoms with Crippen LogP contribution in [-0.2, 0) is 9.59 Å². The molecule has 106 valence electrons. The summed E-state index contributed by atoms with van der Waals surface area (Å²) in [6.07, 6.45) is 0.303. The molecule has 3 rings (SSSR count). The van der Waals surface area contributed by atoms with Crippen LogP contribution in [0.3, 0.4) is 0 Å². The smallest absolute Gasteiger partial charge is 0.251 e. The average molecular weight is 273 g/mol. The first-order valence-corrected chi connectivity index (χ1v) is 7.01. The quantitative estimate of drug-likeness (QED) is 0.739. The van der Waals surface area contributed by atoms with E-state index < -0.39 is 0 Å². The summed E-state index contributed by atoms with van der Waals surface area (Å²) in [5, 5.41) is 0. The van der Waals surface area contributed by atoms with Crippen molar-refractivity contribution in [3.63, 3.8) is 0 Å². The van der Waals surface area contributed by atoms with E-state index in [2.05, 4.69) is 16.8 Å². The van der Waals surface area contributed by atoms with Crippen molar-refractivity contribution >= 4 is 17.5 Å². The molecule has 1 atom stereocenters. The van der Waals surface area contributed by atoms with Gasteiger partial charge in [0.25, 0.3) is 5.91 Å². The minimum Gasteiger partial charge on any atom is -0.304 e. The fourth-order valence-corrected chi connectivity index (χ4v) is 2.88. The maximum Gasteiger partial charge on any atom is 0.251 e. The molecule has 0 aromatic heterocycles. The molecule has 0 aliphatic carbocycles. The van der Waals surface area contributed by atoms with E-state index >= 15 is 0 Å². The fraction of sp³-hybridized carbons (Fsp3) is 0.467. The molecular weight excluding hydrogens is 254 g/mol. The Balaban J connectivity index is 1.77. The van der Waals surface area contributed by atoms with Gasteiger partial charge in [-0.25, -0.2) is 4.90 Å². The Morgan fingerprint density at radius 2 is 1.65 bits per heavy atom. The number of amides is 2. The van der Waals surface area contributed by atoms with E-state index in [1.807, 2.05) is 30.3 Å². The Labute approximate surface area is 118 Å². The van der Waals surface area contributed by atoms with Gasteiger partial charge in [0.05, 0.1) is 18.2 Å². The van der Waals surface area contributed by atoms with E-state index in [1.165, 1.54) is 4.90 Å². The Morgan fingerprint density at radius 1 is 1.00 bits per heavy atom. The number of imide groups is 1. The molecule has 2 amide bonds. The Hall–Kier alpha value is -1.72. The third kappa shape index (κ3) is 2.34. The third-order valence-corrected chi connectivity index (χ3v) is 4.12. The summed E-state index contributed by atoms with van der Waals surface area (Å²) in [5.74, 6) is -0.170. The molecule has 0 N–H and O–H groups in total. The molecule has 1 aromatic rings. The summed E-state index contributed by atoms with van der Waals surface area (Å²) < 4.78 is 0. The lowest BCUT2D eigenvalue weighted by Crippen LogP contribution is -2.51. The minimum absolute atomic E-state index is 0.0780. The zero-order valence-electron chi connectivity index (χ0n) is 11.7. The minimum atomic E-state index is -0.281. The number of benzene rings is 1. The van der Waals surface area contributed by atoms with Gasteiger partial charge in [-0.15, -0.1) is 0 Å². The van der Waals surface area contributed by atoms with Crippen LogP contribution < -0.4 is 4.90 Å². The van der Waals surface area contributed by atoms with Crippen LogP contribution in [0.4, 0.5) is 5.69 Å². The van der Waals surface area contributed by atoms with Crippen molar-refractivity contribution in [3.8, 4) is 0 Å². The van der Waals surface area contributed by atoms with Crippen molar-refractivity contribution in [2.24, 2.45) is 0 Å². The number of hydrogen-bond donors (Lipinski definition) is 0. The molecule has 0 bridgehead atoms. The predicted molar refractivity (Wildman–Crippen MR) is 76.4 cm³/mol. The van der Waals surface area contributed by atoms with Crippen LogP contribution in [-0.4, -0.2) is 60.9 Å². The summed E-state index contributed by atoms with van der Waals surface area (Å²) in [7, 11) is 2.08. The van der Waals surface area contributed by atoms with E-state index in [4.69, 9.17) is 0 Å². The van der Waals surface area contributed by atoms with E-state index in [0.29, 0.717) is 12.1 Å². The van der Waals surface area contributed by atoms with Gasteiger partial charge in [-0.2, -0.15) is 0 Å². The number of piperazine rings is 1. The van der Waals surface area contributed by atoms with Crippen molar-refractivity contribution in [2.75, 3.05) is 38.1 Å². The monoisotopic (exact) mass is 273 g/mol. The average Bonchev–Trinajstić information content (AvgIpc) is 2.76. The highest BCUT2D eigenvalue weighted by molar-refractivity contribution is 6.22. The lowest BCUT2D eigenvalue weighted by atomic mass is 10.2. The largest absolute Gasteiger partial charge is 0.304 e. The van der Waals surface area contributed by atoms with E-state index in [1.54, 1.807) is 0 Å². The second-order valence-electron chi connectivity index (χ2n) is 5.46. The summed E-state index contributed by atoms with van der Waals surface area (Å²) in [6.45, 7) is 3.60. The first-order valence-electron chi connectivity index (χ1n) is 7.01. The summed E-state index contributed by atoms with van der Waals surface area (Å²) in [5.41, 5.74) is 0.680. The number of hydrogen-bond acceptors (Lipinski definition) is 4. The first-order chi connectivity index (χ1) is 9.66. The van der Waals surface area contributed by atoms with Crippen LogP contribution in [0, 0.1) is 0 Å². The van der Waals surface area contributed by atoms with Gasteiger partial charge in [-0.1, -0.05) is 18.2 Å². The van der Waals surface area contributed by atoms with E-state index in [0.717, 1.165) is 26.2 Å². The summed E-state index contributed by atoms with van der Waals surface area (Å²) in [6, 6.07) is 8.91. The van der Waals surface area contributed by atoms with Crippen molar-refractivity contribution in [3.05, 3.63) is 30.3 Å². The van der Waals surface area contributed by atoms with Crippen LogP contribution in [0.15, 0.2) is 30.3 Å². The molecule has 5 heteroatoms. The number of carbonyl (C=O) groups is 2. The van der Waals surface area contributed by atoms with Gasteiger partial charge in [0.15, 0.2) is 0 Å². The number of carbonyl (C=O) groups excluding carboxylic acids is 2. The van der Waals surface area contributed by atoms with Gasteiger partial charge in [-0.3, -0.25) is 14.5 Å². The van der Waals surface area contributed by atoms with Crippen molar-refractivity contribution in [1.29, 1.82) is 0 Å². The molecule has 1 aromatic carbocycles. The molecule has 0 saturated carbocycles. The molecule has 1 unspecified atom stereocenters. The molecule has 2 saturated heterocycles. The van der Waals surface area contributed by atoms with Crippen LogP contribution in [0.5, 0.6) is 0 Å². The second kappa shape index (κ2) is 5.34. The molecular formula is C15H19N3O2. The zero-order chi connectivity index (χ0) is 14.1. The molecule has 0 radical (unpaired) electrons. The second-order valence-corrected chi connectivity index (χ2v) is 5.46. The van der Waals surface area contributed by atoms with Crippen molar-refractivity contribution in [1.82, 2.24) is 9.80 Å². The number of anilines is 1. The number of nitrogens with zero attached hydrogens (tertiary/aromatic N) is 3. The number of para-hydroxylation sites is 1. The maximum atomic E-state index is 12.5. The SMILES string of the molecule is CN1CCN(C2CC(=O)N(c3ccccc3)C2=O)CC1. The highest BCUT2D eigenvalue weighted by Crippen LogP contribution is 2.25. The van der Waals surface area contributed by atoms with Gasteiger partial charge in [0.2, 0.25) is 5.91 Å². The standard InChI is InChI=1S/C15H19N3O2/c1-16-7-9-17(10-8-16)13-11-14(19)18(15(13)20)12-5-3-2-4-6-12/h2-6,13H,7-11H2,1H3. The highest BCUT2D eigenvalue weighted by atomic mass is 16.2. The fourth-order valence-electron chi connectivity index (χ4n) is 2.88. The van der Waals surface area contributed by atoms with Gasteiger partial charge < -0.3 is 4.90 Å². The topological polar surface area (TPSA) is 43.9 Å². The number of likely N-dealkylation sites (N-methyl/N-ethyl adjacent to an activating group) is 1. The first kappa shape index (κ1) is 13.3. The van der Waals surface area contributed by atoms with Crippen molar-refractivity contribution in [2.45, 2.75) is 12.5 Å². The lowest BCUT2D eigenvalue weighted by molar-refractivity contribution is -0.123. The summed E-state index contributed by atoms with van der Waals surface area (Å²) in [4.78, 5) is 30.4. The molecule has 2 fully saturated rings. The Morgan fingerprint density at radius 3 is 2.30 bits per heavy atom. The molecule has 20 heavy (non-hydrogen) atoms. The molecule has 2 heterocycles. The van der Waals surface area contributed by atoms with E-state index in [-0.39, 0.29) is 17.9 Å². The van der Waals surface area contributed by atoms with Gasteiger partial charge >= 0.3 is 0 Å². The molecule has 0 spiro atoms. The van der Waals surface area contributed by atoms with Crippen molar-refractivity contribution < 1.29 is 9.59 Å². The molecule has 5 nitrogen and oxygen atoms in total. The van der Waals surface area contributed by atoms with Gasteiger partial charge in [0.1, 0.15) is 0 Å². The maximum absolute atomic E-state index is 12.5. The molecule has 2 aliphatic heterocycles. The third-order valence-electron chi connectivity index (χ3n) is 4.12. The van der Waals surface area contributed by atoms with Crippen LogP contribution in [0.1, 0.15) is 6.42 Å². The zero-order valence-corrected chi connectivity index (χ0v) is 11.7.